The van der Waals surface area contributed by atoms with E-state index in [4.69, 9.17) is 9.47 Å². The highest BCUT2D eigenvalue weighted by Gasteiger charge is 2.37. The van der Waals surface area contributed by atoms with Crippen LogP contribution >= 0.6 is 0 Å². The van der Waals surface area contributed by atoms with Gasteiger partial charge in [0.1, 0.15) is 5.60 Å². The molecule has 3 nitrogen and oxygen atoms in total. The Bertz CT molecular complexity index is 414. The van der Waals surface area contributed by atoms with Crippen molar-refractivity contribution in [2.24, 2.45) is 0 Å². The van der Waals surface area contributed by atoms with E-state index < -0.39 is 23.0 Å². The van der Waals surface area contributed by atoms with Crippen molar-refractivity contribution < 1.29 is 23.4 Å². The molecule has 1 aliphatic rings. The fraction of sp³-hybridized carbons (Fsp3) is 0.500. The Hall–Kier alpha value is -1.20. The van der Waals surface area contributed by atoms with E-state index in [2.05, 4.69) is 0 Å². The van der Waals surface area contributed by atoms with Crippen molar-refractivity contribution in [1.29, 1.82) is 0 Å². The summed E-state index contributed by atoms with van der Waals surface area (Å²) in [6, 6.07) is 2.36. The van der Waals surface area contributed by atoms with E-state index in [1.54, 1.807) is 0 Å². The second-order valence-corrected chi connectivity index (χ2v) is 4.07. The van der Waals surface area contributed by atoms with E-state index in [9.17, 15) is 13.9 Å². The molecule has 0 atom stereocenters. The van der Waals surface area contributed by atoms with Gasteiger partial charge in [-0.05, 0) is 6.07 Å². The fourth-order valence-corrected chi connectivity index (χ4v) is 2.18. The molecule has 1 aromatic carbocycles. The monoisotopic (exact) mass is 244 g/mol. The molecule has 1 fully saturated rings. The van der Waals surface area contributed by atoms with Crippen LogP contribution in [0.2, 0.25) is 0 Å². The van der Waals surface area contributed by atoms with Crippen LogP contribution in [0.5, 0.6) is 5.75 Å². The summed E-state index contributed by atoms with van der Waals surface area (Å²) in [4.78, 5) is 0. The topological polar surface area (TPSA) is 38.7 Å². The van der Waals surface area contributed by atoms with Crippen LogP contribution in [-0.2, 0) is 15.1 Å². The first kappa shape index (κ1) is 12.3. The van der Waals surface area contributed by atoms with Crippen LogP contribution in [0.25, 0.3) is 0 Å². The average Bonchev–Trinajstić information content (AvgIpc) is 2.37. The molecule has 1 saturated heterocycles. The van der Waals surface area contributed by atoms with E-state index >= 15 is 0 Å². The Kier molecular flexibility index (Phi) is 3.31. The highest BCUT2D eigenvalue weighted by Crippen LogP contribution is 2.39. The fourth-order valence-electron chi connectivity index (χ4n) is 2.18. The van der Waals surface area contributed by atoms with E-state index in [0.29, 0.717) is 26.1 Å². The SMILES string of the molecule is COC1(c2ccc(F)c(O)c2F)CCOCC1. The molecule has 0 aliphatic carbocycles. The first-order valence-electron chi connectivity index (χ1n) is 5.41. The molecule has 5 heteroatoms. The lowest BCUT2D eigenvalue weighted by atomic mass is 9.85. The van der Waals surface area contributed by atoms with Gasteiger partial charge in [0.05, 0.1) is 0 Å². The van der Waals surface area contributed by atoms with Crippen molar-refractivity contribution in [3.63, 3.8) is 0 Å². The Morgan fingerprint density at radius 1 is 1.29 bits per heavy atom. The number of benzene rings is 1. The second-order valence-electron chi connectivity index (χ2n) is 4.07. The largest absolute Gasteiger partial charge is 0.503 e. The molecule has 17 heavy (non-hydrogen) atoms. The predicted octanol–water partition coefficient (Wildman–Crippen LogP) is 2.32. The average molecular weight is 244 g/mol. The molecule has 0 radical (unpaired) electrons. The number of hydrogen-bond acceptors (Lipinski definition) is 3. The van der Waals surface area contributed by atoms with Gasteiger partial charge in [0.25, 0.3) is 0 Å². The van der Waals surface area contributed by atoms with Gasteiger partial charge >= 0.3 is 0 Å². The van der Waals surface area contributed by atoms with Gasteiger partial charge in [0, 0.05) is 38.7 Å². The number of phenolic OH excluding ortho intramolecular Hbond substituents is 1. The zero-order chi connectivity index (χ0) is 12.5. The Labute approximate surface area is 98.0 Å². The molecule has 1 aliphatic heterocycles. The zero-order valence-electron chi connectivity index (χ0n) is 9.50. The molecular weight excluding hydrogens is 230 g/mol. The number of methoxy groups -OCH3 is 1. The van der Waals surface area contributed by atoms with Gasteiger partial charge in [-0.3, -0.25) is 0 Å². The third-order valence-corrected chi connectivity index (χ3v) is 3.25. The number of rotatable bonds is 2. The minimum absolute atomic E-state index is 0.183. The maximum Gasteiger partial charge on any atom is 0.188 e. The van der Waals surface area contributed by atoms with Crippen LogP contribution in [0.1, 0.15) is 18.4 Å². The van der Waals surface area contributed by atoms with Crippen molar-refractivity contribution >= 4 is 0 Å². The molecule has 1 heterocycles. The summed E-state index contributed by atoms with van der Waals surface area (Å²) in [5, 5.41) is 9.29. The van der Waals surface area contributed by atoms with Crippen LogP contribution in [0.15, 0.2) is 12.1 Å². The van der Waals surface area contributed by atoms with Crippen molar-refractivity contribution in [2.75, 3.05) is 20.3 Å². The summed E-state index contributed by atoms with van der Waals surface area (Å²) in [5.74, 6) is -2.87. The minimum Gasteiger partial charge on any atom is -0.503 e. The molecule has 0 amide bonds. The summed E-state index contributed by atoms with van der Waals surface area (Å²) >= 11 is 0. The van der Waals surface area contributed by atoms with Crippen LogP contribution in [0.3, 0.4) is 0 Å². The first-order chi connectivity index (χ1) is 8.10. The maximum absolute atomic E-state index is 13.9. The van der Waals surface area contributed by atoms with E-state index in [0.717, 1.165) is 6.07 Å². The summed E-state index contributed by atoms with van der Waals surface area (Å²) in [6.07, 6.45) is 0.955. The van der Waals surface area contributed by atoms with Gasteiger partial charge in [-0.2, -0.15) is 0 Å². The van der Waals surface area contributed by atoms with Gasteiger partial charge in [-0.1, -0.05) is 6.07 Å². The van der Waals surface area contributed by atoms with Crippen molar-refractivity contribution in [1.82, 2.24) is 0 Å². The van der Waals surface area contributed by atoms with Crippen molar-refractivity contribution in [3.8, 4) is 5.75 Å². The van der Waals surface area contributed by atoms with Gasteiger partial charge in [-0.15, -0.1) is 0 Å². The zero-order valence-corrected chi connectivity index (χ0v) is 9.50. The minimum atomic E-state index is -0.968. The number of phenols is 1. The number of hydrogen-bond donors (Lipinski definition) is 1. The third kappa shape index (κ3) is 2.00. The van der Waals surface area contributed by atoms with Crippen LogP contribution < -0.4 is 0 Å². The summed E-state index contributed by atoms with van der Waals surface area (Å²) in [7, 11) is 1.48. The lowest BCUT2D eigenvalue weighted by Crippen LogP contribution is -2.36. The quantitative estimate of drug-likeness (QED) is 0.867. The smallest absolute Gasteiger partial charge is 0.188 e. The summed E-state index contributed by atoms with van der Waals surface area (Å²) in [5.41, 5.74) is -0.657. The van der Waals surface area contributed by atoms with Crippen LogP contribution in [0.4, 0.5) is 8.78 Å². The molecule has 0 spiro atoms. The molecule has 0 unspecified atom stereocenters. The molecule has 1 aromatic rings. The maximum atomic E-state index is 13.9. The number of halogens is 2. The van der Waals surface area contributed by atoms with Gasteiger partial charge in [0.2, 0.25) is 0 Å². The molecule has 0 saturated carbocycles. The second kappa shape index (κ2) is 4.58. The predicted molar refractivity (Wildman–Crippen MR) is 56.8 cm³/mol. The highest BCUT2D eigenvalue weighted by atomic mass is 19.1. The highest BCUT2D eigenvalue weighted by molar-refractivity contribution is 5.35. The van der Waals surface area contributed by atoms with Crippen LogP contribution in [-0.4, -0.2) is 25.4 Å². The first-order valence-corrected chi connectivity index (χ1v) is 5.41. The molecule has 1 N–H and O–H groups in total. The molecule has 94 valence electrons. The van der Waals surface area contributed by atoms with E-state index in [1.165, 1.54) is 13.2 Å². The summed E-state index contributed by atoms with van der Waals surface area (Å²) < 4.78 is 37.5. The lowest BCUT2D eigenvalue weighted by molar-refractivity contribution is -0.0967. The van der Waals surface area contributed by atoms with Gasteiger partial charge in [0.15, 0.2) is 17.4 Å². The van der Waals surface area contributed by atoms with E-state index in [-0.39, 0.29) is 5.56 Å². The van der Waals surface area contributed by atoms with Gasteiger partial charge in [-0.25, -0.2) is 8.78 Å². The van der Waals surface area contributed by atoms with E-state index in [1.807, 2.05) is 0 Å². The summed E-state index contributed by atoms with van der Waals surface area (Å²) in [6.45, 7) is 0.900. The number of ether oxygens (including phenoxy) is 2. The van der Waals surface area contributed by atoms with Gasteiger partial charge < -0.3 is 14.6 Å². The van der Waals surface area contributed by atoms with Crippen molar-refractivity contribution in [3.05, 3.63) is 29.3 Å². The standard InChI is InChI=1S/C12H14F2O3/c1-16-12(4-6-17-7-5-12)8-2-3-9(13)11(15)10(8)14/h2-3,15H,4-7H2,1H3. The molecular formula is C12H14F2O3. The molecule has 0 bridgehead atoms. The third-order valence-electron chi connectivity index (χ3n) is 3.25. The number of aromatic hydroxyl groups is 1. The normalized spacial score (nSPS) is 19.2. The Balaban J connectivity index is 2.47. The lowest BCUT2D eigenvalue weighted by Gasteiger charge is -2.36. The Morgan fingerprint density at radius 3 is 2.53 bits per heavy atom. The van der Waals surface area contributed by atoms with Crippen LogP contribution in [0, 0.1) is 11.6 Å². The molecule has 2 rings (SSSR count). The Morgan fingerprint density at radius 2 is 1.94 bits per heavy atom. The van der Waals surface area contributed by atoms with Crippen molar-refractivity contribution in [2.45, 2.75) is 18.4 Å². The molecule has 0 aromatic heterocycles.